The van der Waals surface area contributed by atoms with Gasteiger partial charge >= 0.3 is 6.18 Å². The summed E-state index contributed by atoms with van der Waals surface area (Å²) in [6, 6.07) is 1.36. The number of nitrogen functional groups attached to an aromatic ring is 1. The van der Waals surface area contributed by atoms with Gasteiger partial charge in [0.1, 0.15) is 24.0 Å². The molecule has 0 radical (unpaired) electrons. The molecule has 0 aliphatic carbocycles. The highest BCUT2D eigenvalue weighted by Gasteiger charge is 2.31. The minimum atomic E-state index is -4.26. The number of hydrogen-bond donors (Lipinski definition) is 1. The number of halogens is 3. The van der Waals surface area contributed by atoms with E-state index in [0.717, 1.165) is 4.90 Å². The topological polar surface area (TPSA) is 55.0 Å². The largest absolute Gasteiger partial charge is 0.405 e. The summed E-state index contributed by atoms with van der Waals surface area (Å²) < 4.78 is 37.0. The number of anilines is 2. The van der Waals surface area contributed by atoms with Crippen molar-refractivity contribution in [3.8, 4) is 0 Å². The van der Waals surface area contributed by atoms with Crippen LogP contribution in [0, 0.1) is 0 Å². The lowest BCUT2D eigenvalue weighted by Gasteiger charge is -2.23. The first-order valence-electron chi connectivity index (χ1n) is 5.30. The van der Waals surface area contributed by atoms with E-state index in [0.29, 0.717) is 12.2 Å². The van der Waals surface area contributed by atoms with Crippen molar-refractivity contribution in [1.29, 1.82) is 0 Å². The van der Waals surface area contributed by atoms with Crippen molar-refractivity contribution in [2.45, 2.75) is 26.4 Å². The Morgan fingerprint density at radius 1 is 1.29 bits per heavy atom. The van der Waals surface area contributed by atoms with E-state index in [4.69, 9.17) is 5.73 Å². The Morgan fingerprint density at radius 2 is 1.94 bits per heavy atom. The smallest absolute Gasteiger partial charge is 0.384 e. The third-order valence-electron chi connectivity index (χ3n) is 2.17. The molecule has 0 spiro atoms. The van der Waals surface area contributed by atoms with Crippen molar-refractivity contribution >= 4 is 11.6 Å². The predicted molar refractivity (Wildman–Crippen MR) is 59.8 cm³/mol. The Hall–Kier alpha value is -1.53. The monoisotopic (exact) mass is 248 g/mol. The lowest BCUT2D eigenvalue weighted by molar-refractivity contribution is -0.119. The van der Waals surface area contributed by atoms with Crippen LogP contribution in [0.5, 0.6) is 0 Å². The van der Waals surface area contributed by atoms with E-state index >= 15 is 0 Å². The Balaban J connectivity index is 2.99. The van der Waals surface area contributed by atoms with E-state index in [-0.39, 0.29) is 18.2 Å². The van der Waals surface area contributed by atoms with Crippen molar-refractivity contribution in [1.82, 2.24) is 9.97 Å². The lowest BCUT2D eigenvalue weighted by Crippen LogP contribution is -2.35. The van der Waals surface area contributed by atoms with Crippen LogP contribution >= 0.6 is 0 Å². The summed E-state index contributed by atoms with van der Waals surface area (Å²) in [5.41, 5.74) is 5.53. The SMILES string of the molecule is CCc1nc(N)cc(N(CC)CC(F)(F)F)n1. The molecule has 0 atom stereocenters. The summed E-state index contributed by atoms with van der Waals surface area (Å²) in [6.07, 6.45) is -3.73. The van der Waals surface area contributed by atoms with Crippen LogP contribution in [0.3, 0.4) is 0 Å². The van der Waals surface area contributed by atoms with Crippen LogP contribution in [0.15, 0.2) is 6.07 Å². The molecule has 0 amide bonds. The first-order chi connectivity index (χ1) is 7.85. The zero-order valence-electron chi connectivity index (χ0n) is 9.75. The maximum atomic E-state index is 12.3. The van der Waals surface area contributed by atoms with Crippen LogP contribution < -0.4 is 10.6 Å². The summed E-state index contributed by atoms with van der Waals surface area (Å²) in [5, 5.41) is 0. The second-order valence-electron chi connectivity index (χ2n) is 3.55. The van der Waals surface area contributed by atoms with Gasteiger partial charge in [0, 0.05) is 19.0 Å². The number of aryl methyl sites for hydroxylation is 1. The van der Waals surface area contributed by atoms with Gasteiger partial charge in [-0.05, 0) is 6.92 Å². The average Bonchev–Trinajstić information content (AvgIpc) is 2.23. The standard InChI is InChI=1S/C10H15F3N4/c1-3-8-15-7(14)5-9(16-8)17(4-2)6-10(11,12)13/h5H,3-4,6H2,1-2H3,(H2,14,15,16). The number of alkyl halides is 3. The van der Waals surface area contributed by atoms with Crippen LogP contribution in [-0.2, 0) is 6.42 Å². The molecule has 1 aromatic heterocycles. The van der Waals surface area contributed by atoms with E-state index in [9.17, 15) is 13.2 Å². The minimum Gasteiger partial charge on any atom is -0.384 e. The molecule has 1 heterocycles. The van der Waals surface area contributed by atoms with E-state index in [1.54, 1.807) is 6.92 Å². The highest BCUT2D eigenvalue weighted by Crippen LogP contribution is 2.21. The number of nitrogens with zero attached hydrogens (tertiary/aromatic N) is 3. The number of aromatic nitrogens is 2. The van der Waals surface area contributed by atoms with Crippen molar-refractivity contribution in [3.05, 3.63) is 11.9 Å². The van der Waals surface area contributed by atoms with E-state index < -0.39 is 12.7 Å². The summed E-state index contributed by atoms with van der Waals surface area (Å²) in [7, 11) is 0. The van der Waals surface area contributed by atoms with Gasteiger partial charge in [-0.25, -0.2) is 9.97 Å². The second kappa shape index (κ2) is 5.20. The van der Waals surface area contributed by atoms with Crippen LogP contribution in [0.4, 0.5) is 24.8 Å². The van der Waals surface area contributed by atoms with Crippen molar-refractivity contribution in [2.24, 2.45) is 0 Å². The van der Waals surface area contributed by atoms with Gasteiger partial charge in [-0.2, -0.15) is 13.2 Å². The summed E-state index contributed by atoms with van der Waals surface area (Å²) in [4.78, 5) is 9.09. The maximum Gasteiger partial charge on any atom is 0.405 e. The molecule has 0 aliphatic heterocycles. The number of rotatable bonds is 4. The third-order valence-corrected chi connectivity index (χ3v) is 2.17. The molecule has 1 aromatic rings. The van der Waals surface area contributed by atoms with Crippen molar-refractivity contribution in [2.75, 3.05) is 23.7 Å². The molecule has 96 valence electrons. The molecule has 2 N–H and O–H groups in total. The van der Waals surface area contributed by atoms with Gasteiger partial charge in [0.15, 0.2) is 0 Å². The normalized spacial score (nSPS) is 11.6. The first kappa shape index (κ1) is 13.5. The Kier molecular flexibility index (Phi) is 4.14. The average molecular weight is 248 g/mol. The molecule has 0 saturated heterocycles. The predicted octanol–water partition coefficient (Wildman–Crippen LogP) is 2.01. The van der Waals surface area contributed by atoms with Gasteiger partial charge in [-0.15, -0.1) is 0 Å². The number of nitrogens with two attached hydrogens (primary N) is 1. The van der Waals surface area contributed by atoms with Gasteiger partial charge in [0.05, 0.1) is 0 Å². The first-order valence-corrected chi connectivity index (χ1v) is 5.30. The second-order valence-corrected chi connectivity index (χ2v) is 3.55. The Labute approximate surface area is 97.7 Å². The molecule has 17 heavy (non-hydrogen) atoms. The summed E-state index contributed by atoms with van der Waals surface area (Å²) in [5.74, 6) is 0.849. The van der Waals surface area contributed by atoms with E-state index in [1.807, 2.05) is 6.92 Å². The maximum absolute atomic E-state index is 12.3. The molecule has 0 aromatic carbocycles. The van der Waals surface area contributed by atoms with Crippen molar-refractivity contribution < 1.29 is 13.2 Å². The highest BCUT2D eigenvalue weighted by molar-refractivity contribution is 5.47. The van der Waals surface area contributed by atoms with E-state index in [2.05, 4.69) is 9.97 Å². The van der Waals surface area contributed by atoms with Crippen LogP contribution in [0.2, 0.25) is 0 Å². The van der Waals surface area contributed by atoms with Gasteiger partial charge in [0.25, 0.3) is 0 Å². The fraction of sp³-hybridized carbons (Fsp3) is 0.600. The Bertz CT molecular complexity index is 378. The molecule has 0 unspecified atom stereocenters. The quantitative estimate of drug-likeness (QED) is 0.885. The summed E-state index contributed by atoms with van der Waals surface area (Å²) in [6.45, 7) is 2.62. The van der Waals surface area contributed by atoms with Crippen molar-refractivity contribution in [3.63, 3.8) is 0 Å². The molecule has 0 bridgehead atoms. The Morgan fingerprint density at radius 3 is 2.41 bits per heavy atom. The molecule has 4 nitrogen and oxygen atoms in total. The molecule has 0 aliphatic rings. The van der Waals surface area contributed by atoms with Crippen LogP contribution in [0.25, 0.3) is 0 Å². The van der Waals surface area contributed by atoms with E-state index in [1.165, 1.54) is 6.07 Å². The molecular weight excluding hydrogens is 233 g/mol. The fourth-order valence-corrected chi connectivity index (χ4v) is 1.39. The number of hydrogen-bond acceptors (Lipinski definition) is 4. The fourth-order valence-electron chi connectivity index (χ4n) is 1.39. The lowest BCUT2D eigenvalue weighted by atomic mass is 10.4. The van der Waals surface area contributed by atoms with Gasteiger partial charge < -0.3 is 10.6 Å². The summed E-state index contributed by atoms with van der Waals surface area (Å²) >= 11 is 0. The van der Waals surface area contributed by atoms with Gasteiger partial charge in [0.2, 0.25) is 0 Å². The molecule has 1 rings (SSSR count). The molecule has 7 heteroatoms. The third kappa shape index (κ3) is 4.08. The minimum absolute atomic E-state index is 0.187. The highest BCUT2D eigenvalue weighted by atomic mass is 19.4. The molecule has 0 fully saturated rings. The van der Waals surface area contributed by atoms with Gasteiger partial charge in [-0.1, -0.05) is 6.92 Å². The zero-order chi connectivity index (χ0) is 13.1. The molecule has 0 saturated carbocycles. The van der Waals surface area contributed by atoms with Crippen LogP contribution in [-0.4, -0.2) is 29.2 Å². The van der Waals surface area contributed by atoms with Gasteiger partial charge in [-0.3, -0.25) is 0 Å². The van der Waals surface area contributed by atoms with Crippen LogP contribution in [0.1, 0.15) is 19.7 Å². The molecular formula is C10H15F3N4. The zero-order valence-corrected chi connectivity index (χ0v) is 9.75.